The molecule has 10 atom stereocenters. The SMILES string of the molecule is CC1(C)C2CC=CC(c3cc(-c4cccc(NC5CCC=CC5C5=CCCC=C5)c4)cc(C4C5C(C6=CCCC=C6)CC(C6=CCCC=C6)N45)c3)=C2C2C=CCCC21. The number of hydrogen-bond acceptors (Lipinski definition) is 2. The summed E-state index contributed by atoms with van der Waals surface area (Å²) in [6, 6.07) is 19.1. The Morgan fingerprint density at radius 3 is 2.14 bits per heavy atom. The first-order valence-electron chi connectivity index (χ1n) is 23.2. The summed E-state index contributed by atoms with van der Waals surface area (Å²) in [6.07, 6.45) is 51.3. The van der Waals surface area contributed by atoms with Crippen LogP contribution in [0, 0.1) is 35.0 Å². The second-order valence-corrected chi connectivity index (χ2v) is 19.5. The molecule has 2 aliphatic heterocycles. The quantitative estimate of drug-likeness (QED) is 0.213. The van der Waals surface area contributed by atoms with Gasteiger partial charge < -0.3 is 5.32 Å². The summed E-state index contributed by atoms with van der Waals surface area (Å²) in [5, 5.41) is 4.07. The Hall–Kier alpha value is -4.40. The molecule has 10 unspecified atom stereocenters. The van der Waals surface area contributed by atoms with Crippen molar-refractivity contribution in [2.24, 2.45) is 35.0 Å². The van der Waals surface area contributed by atoms with Crippen LogP contribution in [-0.2, 0) is 0 Å². The molecule has 1 saturated carbocycles. The Kier molecular flexibility index (Phi) is 9.49. The van der Waals surface area contributed by atoms with Gasteiger partial charge in [-0.15, -0.1) is 0 Å². The van der Waals surface area contributed by atoms with Crippen LogP contribution >= 0.6 is 0 Å². The molecule has 0 aromatic heterocycles. The second kappa shape index (κ2) is 15.0. The third-order valence-corrected chi connectivity index (χ3v) is 16.0. The minimum Gasteiger partial charge on any atom is -0.381 e. The molecule has 2 heteroatoms. The van der Waals surface area contributed by atoms with Crippen molar-refractivity contribution in [1.82, 2.24) is 4.90 Å². The Labute approximate surface area is 348 Å². The molecule has 296 valence electrons. The number of anilines is 1. The van der Waals surface area contributed by atoms with E-state index in [1.54, 1.807) is 16.7 Å². The van der Waals surface area contributed by atoms with Gasteiger partial charge in [-0.2, -0.15) is 0 Å². The van der Waals surface area contributed by atoms with E-state index in [2.05, 4.69) is 158 Å². The van der Waals surface area contributed by atoms with Crippen LogP contribution in [0.2, 0.25) is 0 Å². The molecule has 2 aromatic carbocycles. The number of rotatable bonds is 8. The van der Waals surface area contributed by atoms with Crippen molar-refractivity contribution >= 4 is 11.3 Å². The van der Waals surface area contributed by atoms with Crippen LogP contribution < -0.4 is 5.32 Å². The van der Waals surface area contributed by atoms with Crippen molar-refractivity contribution in [3.05, 3.63) is 167 Å². The smallest absolute Gasteiger partial charge is 0.0520 e. The second-order valence-electron chi connectivity index (χ2n) is 19.5. The van der Waals surface area contributed by atoms with Gasteiger partial charge in [-0.05, 0) is 169 Å². The van der Waals surface area contributed by atoms with Crippen LogP contribution in [-0.4, -0.2) is 23.0 Å². The van der Waals surface area contributed by atoms with E-state index in [1.165, 1.54) is 90.5 Å². The van der Waals surface area contributed by atoms with Gasteiger partial charge in [0.15, 0.2) is 0 Å². The molecule has 2 heterocycles. The van der Waals surface area contributed by atoms with Crippen molar-refractivity contribution in [1.29, 1.82) is 0 Å². The molecular weight excluding hydrogens is 701 g/mol. The van der Waals surface area contributed by atoms with Gasteiger partial charge >= 0.3 is 0 Å². The largest absolute Gasteiger partial charge is 0.381 e. The monoisotopic (exact) mass is 762 g/mol. The van der Waals surface area contributed by atoms with Gasteiger partial charge in [0, 0.05) is 41.6 Å². The van der Waals surface area contributed by atoms with Crippen LogP contribution in [0.4, 0.5) is 5.69 Å². The molecule has 0 amide bonds. The summed E-state index contributed by atoms with van der Waals surface area (Å²) in [7, 11) is 0. The fourth-order valence-corrected chi connectivity index (χ4v) is 13.1. The van der Waals surface area contributed by atoms with E-state index in [1.807, 2.05) is 0 Å². The molecule has 2 aromatic rings. The van der Waals surface area contributed by atoms with Crippen LogP contribution in [0.5, 0.6) is 0 Å². The van der Waals surface area contributed by atoms with Crippen molar-refractivity contribution in [2.45, 2.75) is 115 Å². The predicted octanol–water partition coefficient (Wildman–Crippen LogP) is 14.0. The van der Waals surface area contributed by atoms with Gasteiger partial charge in [0.2, 0.25) is 0 Å². The Morgan fingerprint density at radius 1 is 0.638 bits per heavy atom. The van der Waals surface area contributed by atoms with Crippen molar-refractivity contribution in [3.8, 4) is 11.1 Å². The number of allylic oxidation sites excluding steroid dienone is 15. The highest BCUT2D eigenvalue weighted by Gasteiger charge is 2.62. The Morgan fingerprint density at radius 2 is 1.36 bits per heavy atom. The molecule has 1 N–H and O–H groups in total. The summed E-state index contributed by atoms with van der Waals surface area (Å²) < 4.78 is 0. The zero-order valence-corrected chi connectivity index (χ0v) is 34.8. The minimum absolute atomic E-state index is 0.305. The third-order valence-electron chi connectivity index (χ3n) is 16.0. The van der Waals surface area contributed by atoms with E-state index in [4.69, 9.17) is 0 Å². The van der Waals surface area contributed by atoms with Crippen molar-refractivity contribution < 1.29 is 0 Å². The number of fused-ring (bicyclic) bond motifs is 4. The minimum atomic E-state index is 0.305. The average molecular weight is 763 g/mol. The van der Waals surface area contributed by atoms with Gasteiger partial charge in [0.1, 0.15) is 0 Å². The maximum atomic E-state index is 4.07. The Bertz CT molecular complexity index is 2230. The highest BCUT2D eigenvalue weighted by Crippen LogP contribution is 2.63. The molecule has 3 fully saturated rings. The number of piperidine rings is 1. The van der Waals surface area contributed by atoms with E-state index in [9.17, 15) is 0 Å². The van der Waals surface area contributed by atoms with Gasteiger partial charge in [0.25, 0.3) is 0 Å². The lowest BCUT2D eigenvalue weighted by Crippen LogP contribution is -2.31. The summed E-state index contributed by atoms with van der Waals surface area (Å²) in [5.74, 6) is 2.88. The lowest BCUT2D eigenvalue weighted by molar-refractivity contribution is 0.167. The molecule has 2 saturated heterocycles. The van der Waals surface area contributed by atoms with Gasteiger partial charge in [-0.3, -0.25) is 4.90 Å². The fraction of sp³-hybridized carbons (Fsp3) is 0.429. The maximum Gasteiger partial charge on any atom is 0.0520 e. The molecule has 0 spiro atoms. The molecule has 2 nitrogen and oxygen atoms in total. The first-order valence-corrected chi connectivity index (χ1v) is 23.2. The number of benzene rings is 2. The summed E-state index contributed by atoms with van der Waals surface area (Å²) in [5.41, 5.74) is 15.0. The van der Waals surface area contributed by atoms with Crippen molar-refractivity contribution in [3.63, 3.8) is 0 Å². The summed E-state index contributed by atoms with van der Waals surface area (Å²) >= 11 is 0. The topological polar surface area (TPSA) is 15.0 Å². The van der Waals surface area contributed by atoms with E-state index < -0.39 is 0 Å². The first kappa shape index (κ1) is 36.7. The fourth-order valence-electron chi connectivity index (χ4n) is 13.1. The first-order chi connectivity index (χ1) is 28.5. The molecule has 0 radical (unpaired) electrons. The lowest BCUT2D eigenvalue weighted by atomic mass is 9.70. The summed E-state index contributed by atoms with van der Waals surface area (Å²) in [6.45, 7) is 5.15. The number of nitrogens with zero attached hydrogens (tertiary/aromatic N) is 1. The molecule has 9 aliphatic rings. The zero-order valence-electron chi connectivity index (χ0n) is 34.8. The number of nitrogens with one attached hydrogen (secondary N) is 1. The van der Waals surface area contributed by atoms with Gasteiger partial charge in [0.05, 0.1) is 6.04 Å². The highest BCUT2D eigenvalue weighted by molar-refractivity contribution is 5.83. The van der Waals surface area contributed by atoms with E-state index in [0.717, 1.165) is 31.6 Å². The van der Waals surface area contributed by atoms with Crippen LogP contribution in [0.15, 0.2) is 156 Å². The lowest BCUT2D eigenvalue weighted by Gasteiger charge is -2.35. The summed E-state index contributed by atoms with van der Waals surface area (Å²) in [4.78, 5) is 2.91. The van der Waals surface area contributed by atoms with Gasteiger partial charge in [-0.1, -0.05) is 123 Å². The number of hydrogen-bond donors (Lipinski definition) is 1. The van der Waals surface area contributed by atoms with Crippen molar-refractivity contribution in [2.75, 3.05) is 5.32 Å². The molecular formula is C56H62N2. The predicted molar refractivity (Wildman–Crippen MR) is 244 cm³/mol. The molecule has 0 bridgehead atoms. The zero-order chi connectivity index (χ0) is 38.8. The van der Waals surface area contributed by atoms with E-state index in [0.29, 0.717) is 53.3 Å². The highest BCUT2D eigenvalue weighted by atomic mass is 15.4. The molecule has 58 heavy (non-hydrogen) atoms. The molecule has 7 aliphatic carbocycles. The van der Waals surface area contributed by atoms with E-state index in [-0.39, 0.29) is 0 Å². The van der Waals surface area contributed by atoms with Crippen LogP contribution in [0.3, 0.4) is 0 Å². The maximum absolute atomic E-state index is 4.07. The normalized spacial score (nSPS) is 35.2. The Balaban J connectivity index is 1.01. The average Bonchev–Trinajstić information content (AvgIpc) is 3.81. The molecule has 11 rings (SSSR count). The van der Waals surface area contributed by atoms with Gasteiger partial charge in [-0.25, -0.2) is 0 Å². The van der Waals surface area contributed by atoms with Crippen LogP contribution in [0.1, 0.15) is 108 Å². The van der Waals surface area contributed by atoms with E-state index >= 15 is 0 Å². The van der Waals surface area contributed by atoms with Crippen LogP contribution in [0.25, 0.3) is 16.7 Å². The third kappa shape index (κ3) is 6.41. The standard InChI is InChI=1S/C56H62N2/c1-56(2)49-29-14-12-27-47(49)53-46(28-17-30-50(53)56)42-32-41(40-24-16-25-44(35-40)57-51-31-15-13-26-45(51)37-18-6-3-7-19-37)33-43(34-42)54-55-48(38-20-8-4-9-21-38)36-52(58(54)55)39-22-10-5-11-23-39/h6,8,10,12-13,16-28,32-35,45,47-52,54-55,57H,3-5,7,9,11,14-15,29-31,36H2,1-2H3.